The minimum absolute atomic E-state index is 0.188. The number of rotatable bonds is 2. The Kier molecular flexibility index (Phi) is 4.57. The molecule has 0 saturated heterocycles. The molecule has 8 heteroatoms. The van der Waals surface area contributed by atoms with Crippen LogP contribution in [0.2, 0.25) is 5.02 Å². The molecular weight excluding hydrogens is 385 g/mol. The van der Waals surface area contributed by atoms with Gasteiger partial charge in [0.25, 0.3) is 0 Å². The van der Waals surface area contributed by atoms with Gasteiger partial charge in [-0.25, -0.2) is 0 Å². The van der Waals surface area contributed by atoms with Crippen molar-refractivity contribution in [2.24, 2.45) is 0 Å². The zero-order valence-corrected chi connectivity index (χ0v) is 13.5. The molecule has 1 unspecified atom stereocenters. The quantitative estimate of drug-likeness (QED) is 0.783. The number of hydrogen-bond acceptors (Lipinski definition) is 2. The van der Waals surface area contributed by atoms with Crippen LogP contribution in [0.25, 0.3) is 11.1 Å². The van der Waals surface area contributed by atoms with Crippen molar-refractivity contribution >= 4 is 27.5 Å². The average Bonchev–Trinajstić information content (AvgIpc) is 2.72. The summed E-state index contributed by atoms with van der Waals surface area (Å²) in [5.41, 5.74) is -1.39. The van der Waals surface area contributed by atoms with Gasteiger partial charge in [0.1, 0.15) is 22.6 Å². The smallest absolute Gasteiger partial charge is 0.374 e. The van der Waals surface area contributed by atoms with Crippen molar-refractivity contribution in [1.82, 2.24) is 4.57 Å². The number of hydrogen-bond donors (Lipinski definition) is 1. The van der Waals surface area contributed by atoms with E-state index in [9.17, 15) is 23.5 Å². The SMILES string of the molecule is CC(O)n1c(Br)c(C(F)(F)F)c(-c2ccc(Cl)cc2)c1C#N. The maximum atomic E-state index is 13.4. The Morgan fingerprint density at radius 3 is 2.27 bits per heavy atom. The van der Waals surface area contributed by atoms with Gasteiger partial charge in [0.05, 0.1) is 5.56 Å². The first-order chi connectivity index (χ1) is 10.2. The molecule has 0 saturated carbocycles. The molecule has 0 amide bonds. The largest absolute Gasteiger partial charge is 0.419 e. The fourth-order valence-electron chi connectivity index (χ4n) is 2.18. The summed E-state index contributed by atoms with van der Waals surface area (Å²) in [5, 5.41) is 19.3. The lowest BCUT2D eigenvalue weighted by Crippen LogP contribution is -2.09. The first-order valence-electron chi connectivity index (χ1n) is 6.03. The van der Waals surface area contributed by atoms with Crippen LogP contribution in [0.1, 0.15) is 24.4 Å². The van der Waals surface area contributed by atoms with E-state index in [-0.39, 0.29) is 16.8 Å². The third kappa shape index (κ3) is 2.86. The second kappa shape index (κ2) is 5.95. The number of halogens is 5. The van der Waals surface area contributed by atoms with Crippen molar-refractivity contribution in [1.29, 1.82) is 5.26 Å². The number of aliphatic hydroxyl groups excluding tert-OH is 1. The number of benzene rings is 1. The molecule has 0 radical (unpaired) electrons. The Balaban J connectivity index is 2.89. The van der Waals surface area contributed by atoms with Crippen molar-refractivity contribution < 1.29 is 18.3 Å². The molecule has 1 atom stereocenters. The van der Waals surface area contributed by atoms with Gasteiger partial charge in [-0.3, -0.25) is 4.57 Å². The molecule has 0 bridgehead atoms. The van der Waals surface area contributed by atoms with Gasteiger partial charge in [0, 0.05) is 10.6 Å². The highest BCUT2D eigenvalue weighted by molar-refractivity contribution is 9.10. The van der Waals surface area contributed by atoms with Crippen molar-refractivity contribution in [3.8, 4) is 17.2 Å². The first kappa shape index (κ1) is 16.9. The van der Waals surface area contributed by atoms with Crippen LogP contribution in [0.15, 0.2) is 28.9 Å². The highest BCUT2D eigenvalue weighted by atomic mass is 79.9. The summed E-state index contributed by atoms with van der Waals surface area (Å²) in [4.78, 5) is 0. The third-order valence-electron chi connectivity index (χ3n) is 3.04. The number of nitriles is 1. The minimum atomic E-state index is -4.69. The number of nitrogens with zero attached hydrogens (tertiary/aromatic N) is 2. The van der Waals surface area contributed by atoms with Gasteiger partial charge in [-0.2, -0.15) is 18.4 Å². The Morgan fingerprint density at radius 1 is 1.32 bits per heavy atom. The third-order valence-corrected chi connectivity index (χ3v) is 4.07. The Hall–Kier alpha value is -1.49. The minimum Gasteiger partial charge on any atom is -0.374 e. The maximum Gasteiger partial charge on any atom is 0.419 e. The highest BCUT2D eigenvalue weighted by Gasteiger charge is 2.41. The van der Waals surface area contributed by atoms with E-state index in [0.717, 1.165) is 4.57 Å². The van der Waals surface area contributed by atoms with Crippen LogP contribution < -0.4 is 0 Å². The van der Waals surface area contributed by atoms with E-state index in [1.54, 1.807) is 6.07 Å². The molecule has 0 aliphatic rings. The van der Waals surface area contributed by atoms with Crippen molar-refractivity contribution in [2.75, 3.05) is 0 Å². The van der Waals surface area contributed by atoms with Crippen LogP contribution in [-0.4, -0.2) is 9.67 Å². The highest BCUT2D eigenvalue weighted by Crippen LogP contribution is 2.46. The van der Waals surface area contributed by atoms with Gasteiger partial charge in [0.15, 0.2) is 0 Å². The summed E-state index contributed by atoms with van der Waals surface area (Å²) in [6.07, 6.45) is -5.99. The molecule has 2 rings (SSSR count). The fourth-order valence-corrected chi connectivity index (χ4v) is 3.20. The topological polar surface area (TPSA) is 49.0 Å². The lowest BCUT2D eigenvalue weighted by molar-refractivity contribution is -0.137. The predicted octanol–water partition coefficient (Wildman–Crippen LogP) is 4.97. The lowest BCUT2D eigenvalue weighted by atomic mass is 10.0. The fraction of sp³-hybridized carbons (Fsp3) is 0.214. The Labute approximate surface area is 137 Å². The van der Waals surface area contributed by atoms with E-state index in [1.165, 1.54) is 31.2 Å². The van der Waals surface area contributed by atoms with E-state index in [4.69, 9.17) is 11.6 Å². The predicted molar refractivity (Wildman–Crippen MR) is 79.2 cm³/mol. The summed E-state index contributed by atoms with van der Waals surface area (Å²) in [7, 11) is 0. The molecule has 1 heterocycles. The molecule has 0 aliphatic heterocycles. The van der Waals surface area contributed by atoms with Gasteiger partial charge in [-0.15, -0.1) is 0 Å². The normalized spacial score (nSPS) is 13.0. The lowest BCUT2D eigenvalue weighted by Gasteiger charge is -2.10. The summed E-state index contributed by atoms with van der Waals surface area (Å²) in [5.74, 6) is 0. The molecular formula is C14H9BrClF3N2O. The van der Waals surface area contributed by atoms with Gasteiger partial charge in [-0.05, 0) is 40.5 Å². The molecule has 0 fully saturated rings. The second-order valence-electron chi connectivity index (χ2n) is 4.51. The molecule has 2 aromatic rings. The average molecular weight is 394 g/mol. The second-order valence-corrected chi connectivity index (χ2v) is 5.70. The van der Waals surface area contributed by atoms with E-state index in [1.807, 2.05) is 0 Å². The molecule has 0 aliphatic carbocycles. The first-order valence-corrected chi connectivity index (χ1v) is 7.20. The van der Waals surface area contributed by atoms with E-state index in [0.29, 0.717) is 5.02 Å². The van der Waals surface area contributed by atoms with Crippen LogP contribution in [0.3, 0.4) is 0 Å². The summed E-state index contributed by atoms with van der Waals surface area (Å²) >= 11 is 8.60. The van der Waals surface area contributed by atoms with Gasteiger partial charge in [0.2, 0.25) is 0 Å². The van der Waals surface area contributed by atoms with Crippen LogP contribution in [0, 0.1) is 11.3 Å². The van der Waals surface area contributed by atoms with E-state index >= 15 is 0 Å². The molecule has 22 heavy (non-hydrogen) atoms. The summed E-state index contributed by atoms with van der Waals surface area (Å²) in [6, 6.07) is 7.40. The van der Waals surface area contributed by atoms with E-state index in [2.05, 4.69) is 15.9 Å². The monoisotopic (exact) mass is 392 g/mol. The van der Waals surface area contributed by atoms with Crippen LogP contribution >= 0.6 is 27.5 Å². The molecule has 0 spiro atoms. The summed E-state index contributed by atoms with van der Waals surface area (Å²) < 4.78 is 40.7. The molecule has 1 aromatic heterocycles. The van der Waals surface area contributed by atoms with Crippen molar-refractivity contribution in [3.63, 3.8) is 0 Å². The van der Waals surface area contributed by atoms with Gasteiger partial charge < -0.3 is 5.11 Å². The van der Waals surface area contributed by atoms with Gasteiger partial charge in [-0.1, -0.05) is 23.7 Å². The van der Waals surface area contributed by atoms with Crippen LogP contribution in [0.4, 0.5) is 13.2 Å². The molecule has 3 nitrogen and oxygen atoms in total. The Morgan fingerprint density at radius 2 is 1.86 bits per heavy atom. The maximum absolute atomic E-state index is 13.4. The number of aliphatic hydroxyl groups is 1. The molecule has 116 valence electrons. The Bertz CT molecular complexity index is 745. The van der Waals surface area contributed by atoms with E-state index < -0.39 is 22.6 Å². The standard InChI is InChI=1S/C14H9BrClF3N2O/c1-7(22)21-10(6-20)11(8-2-4-9(16)5-3-8)12(13(21)15)14(17,18)19/h2-5,7,22H,1H3. The van der Waals surface area contributed by atoms with Gasteiger partial charge >= 0.3 is 6.18 Å². The number of aromatic nitrogens is 1. The molecule has 1 aromatic carbocycles. The van der Waals surface area contributed by atoms with Crippen molar-refractivity contribution in [3.05, 3.63) is 45.1 Å². The number of alkyl halides is 3. The summed E-state index contributed by atoms with van der Waals surface area (Å²) in [6.45, 7) is 1.28. The zero-order valence-electron chi connectivity index (χ0n) is 11.1. The van der Waals surface area contributed by atoms with Crippen LogP contribution in [-0.2, 0) is 6.18 Å². The molecule has 1 N–H and O–H groups in total. The zero-order chi connectivity index (χ0) is 16.7. The van der Waals surface area contributed by atoms with Crippen LogP contribution in [0.5, 0.6) is 0 Å². The van der Waals surface area contributed by atoms with Crippen molar-refractivity contribution in [2.45, 2.75) is 19.3 Å².